The molecular weight excluding hydrogens is 515 g/mol. The van der Waals surface area contributed by atoms with E-state index in [4.69, 9.17) is 4.74 Å². The lowest BCUT2D eigenvalue weighted by Gasteiger charge is -2.33. The number of aromatic nitrogens is 1. The van der Waals surface area contributed by atoms with E-state index in [0.29, 0.717) is 13.0 Å². The molecule has 210 valence electrons. The molecule has 0 spiro atoms. The van der Waals surface area contributed by atoms with Crippen LogP contribution in [0.2, 0.25) is 0 Å². The molecule has 8 nitrogen and oxygen atoms in total. The lowest BCUT2D eigenvalue weighted by molar-refractivity contribution is -0.139. The molecule has 2 aromatic rings. The van der Waals surface area contributed by atoms with Gasteiger partial charge in [-0.15, -0.1) is 0 Å². The molecule has 1 aromatic carbocycles. The predicted octanol–water partition coefficient (Wildman–Crippen LogP) is 5.69. The summed E-state index contributed by atoms with van der Waals surface area (Å²) in [7, 11) is 0. The Morgan fingerprint density at radius 2 is 1.90 bits per heavy atom. The zero-order chi connectivity index (χ0) is 28.3. The Balaban J connectivity index is 1.63. The molecule has 2 heterocycles. The number of benzene rings is 1. The van der Waals surface area contributed by atoms with Gasteiger partial charge < -0.3 is 14.7 Å². The van der Waals surface area contributed by atoms with Crippen molar-refractivity contribution in [2.45, 2.75) is 71.1 Å². The first-order valence-corrected chi connectivity index (χ1v) is 13.1. The maximum Gasteiger partial charge on any atom is 0.421 e. The van der Waals surface area contributed by atoms with E-state index in [1.165, 1.54) is 23.2 Å². The number of carbonyl (C=O) groups is 3. The van der Waals surface area contributed by atoms with Gasteiger partial charge in [-0.3, -0.25) is 14.5 Å². The van der Waals surface area contributed by atoms with Crippen molar-refractivity contribution in [1.82, 2.24) is 9.88 Å². The van der Waals surface area contributed by atoms with Crippen LogP contribution in [0.3, 0.4) is 0 Å². The van der Waals surface area contributed by atoms with Gasteiger partial charge in [-0.1, -0.05) is 19.3 Å². The Labute approximate surface area is 224 Å². The van der Waals surface area contributed by atoms with Crippen LogP contribution in [0, 0.1) is 5.92 Å². The third kappa shape index (κ3) is 6.76. The number of anilines is 1. The minimum Gasteiger partial charge on any atom is -0.478 e. The highest BCUT2D eigenvalue weighted by atomic mass is 19.4. The van der Waals surface area contributed by atoms with E-state index in [1.54, 1.807) is 18.7 Å². The number of halogens is 3. The lowest BCUT2D eigenvalue weighted by Crippen LogP contribution is -2.42. The van der Waals surface area contributed by atoms with Crippen LogP contribution in [-0.2, 0) is 22.3 Å². The molecule has 0 bridgehead atoms. The monoisotopic (exact) mass is 547 g/mol. The Hall–Kier alpha value is -3.47. The van der Waals surface area contributed by atoms with Crippen molar-refractivity contribution >= 4 is 23.3 Å². The highest BCUT2D eigenvalue weighted by Crippen LogP contribution is 2.39. The quantitative estimate of drug-likeness (QED) is 0.453. The summed E-state index contributed by atoms with van der Waals surface area (Å²) < 4.78 is 47.2. The van der Waals surface area contributed by atoms with Gasteiger partial charge in [-0.2, -0.15) is 13.2 Å². The van der Waals surface area contributed by atoms with Crippen LogP contribution in [0.4, 0.5) is 18.9 Å². The number of carbonyl (C=O) groups excluding carboxylic acids is 2. The van der Waals surface area contributed by atoms with E-state index < -0.39 is 23.6 Å². The maximum atomic E-state index is 13.9. The first kappa shape index (κ1) is 28.5. The standard InChI is InChI=1S/C28H32F3N3O5/c1-17(2)34(26(36)19-6-4-3-5-7-19)24-9-8-21(13-22(24)27(37)38)39-25-23(28(29,30)31)12-18(14-32-25)15-33-11-10-20(35)16-33/h8-9,12-14,17,19H,3-7,10-11,15-16H2,1-2H3,(H,37,38). The smallest absolute Gasteiger partial charge is 0.421 e. The molecule has 2 aliphatic rings. The third-order valence-electron chi connectivity index (χ3n) is 7.11. The Kier molecular flexibility index (Phi) is 8.58. The van der Waals surface area contributed by atoms with E-state index >= 15 is 0 Å². The first-order valence-electron chi connectivity index (χ1n) is 13.1. The minimum absolute atomic E-state index is 0.0353. The molecular formula is C28H32F3N3O5. The molecule has 4 rings (SSSR count). The lowest BCUT2D eigenvalue weighted by atomic mass is 9.87. The molecule has 1 aliphatic carbocycles. The number of carboxylic acids is 1. The number of ether oxygens (including phenoxy) is 1. The number of rotatable bonds is 8. The summed E-state index contributed by atoms with van der Waals surface area (Å²) in [6.07, 6.45) is 1.24. The number of likely N-dealkylation sites (tertiary alicyclic amines) is 1. The highest BCUT2D eigenvalue weighted by molar-refractivity contribution is 6.03. The maximum absolute atomic E-state index is 13.9. The number of amides is 1. The number of hydrogen-bond donors (Lipinski definition) is 1. The summed E-state index contributed by atoms with van der Waals surface area (Å²) in [6.45, 7) is 4.37. The SMILES string of the molecule is CC(C)N(C(=O)C1CCCCC1)c1ccc(Oc2ncc(CN3CCC(=O)C3)cc2C(F)(F)F)cc1C(=O)O. The van der Waals surface area contributed by atoms with E-state index in [1.807, 2.05) is 0 Å². The van der Waals surface area contributed by atoms with Gasteiger partial charge >= 0.3 is 12.1 Å². The molecule has 2 fully saturated rings. The van der Waals surface area contributed by atoms with Crippen molar-refractivity contribution in [3.05, 3.63) is 47.2 Å². The number of ketones is 1. The largest absolute Gasteiger partial charge is 0.478 e. The molecule has 0 unspecified atom stereocenters. The van der Waals surface area contributed by atoms with Crippen molar-refractivity contribution in [2.75, 3.05) is 18.0 Å². The molecule has 1 saturated heterocycles. The normalized spacial score (nSPS) is 17.0. The van der Waals surface area contributed by atoms with Gasteiger partial charge in [0.1, 0.15) is 17.1 Å². The van der Waals surface area contributed by atoms with Gasteiger partial charge in [0.25, 0.3) is 0 Å². The van der Waals surface area contributed by atoms with Crippen LogP contribution in [0.15, 0.2) is 30.5 Å². The summed E-state index contributed by atoms with van der Waals surface area (Å²) >= 11 is 0. The average molecular weight is 548 g/mol. The number of Topliss-reactive ketones (excluding diaryl/α,β-unsaturated/α-hetero) is 1. The predicted molar refractivity (Wildman–Crippen MR) is 137 cm³/mol. The second-order valence-electron chi connectivity index (χ2n) is 10.4. The fourth-order valence-electron chi connectivity index (χ4n) is 5.22. The van der Waals surface area contributed by atoms with Crippen LogP contribution in [0.5, 0.6) is 11.6 Å². The molecule has 1 aliphatic heterocycles. The molecule has 0 atom stereocenters. The first-order chi connectivity index (χ1) is 18.4. The Bertz CT molecular complexity index is 1240. The van der Waals surface area contributed by atoms with E-state index in [2.05, 4.69) is 4.98 Å². The highest BCUT2D eigenvalue weighted by Gasteiger charge is 2.37. The van der Waals surface area contributed by atoms with E-state index in [-0.39, 0.29) is 59.3 Å². The van der Waals surface area contributed by atoms with Crippen LogP contribution >= 0.6 is 0 Å². The van der Waals surface area contributed by atoms with Gasteiger partial charge in [0, 0.05) is 37.7 Å². The number of pyridine rings is 1. The molecule has 0 radical (unpaired) electrons. The summed E-state index contributed by atoms with van der Waals surface area (Å²) in [4.78, 5) is 44.1. The van der Waals surface area contributed by atoms with Gasteiger partial charge in [-0.05, 0) is 56.5 Å². The summed E-state index contributed by atoms with van der Waals surface area (Å²) in [5.41, 5.74) is -0.920. The number of alkyl halides is 3. The summed E-state index contributed by atoms with van der Waals surface area (Å²) in [6, 6.07) is 4.46. The van der Waals surface area contributed by atoms with Crippen molar-refractivity contribution in [1.29, 1.82) is 0 Å². The van der Waals surface area contributed by atoms with Crippen LogP contribution in [-0.4, -0.2) is 51.8 Å². The molecule has 11 heteroatoms. The molecule has 39 heavy (non-hydrogen) atoms. The number of nitrogens with zero attached hydrogens (tertiary/aromatic N) is 3. The number of carboxylic acid groups (broad SMARTS) is 1. The summed E-state index contributed by atoms with van der Waals surface area (Å²) in [5.74, 6) is -2.52. The van der Waals surface area contributed by atoms with Gasteiger partial charge in [-0.25, -0.2) is 9.78 Å². The van der Waals surface area contributed by atoms with Crippen molar-refractivity contribution in [3.8, 4) is 11.6 Å². The van der Waals surface area contributed by atoms with E-state index in [0.717, 1.165) is 44.2 Å². The fourth-order valence-corrected chi connectivity index (χ4v) is 5.22. The van der Waals surface area contributed by atoms with Gasteiger partial charge in [0.15, 0.2) is 0 Å². The number of aromatic carboxylic acids is 1. The Morgan fingerprint density at radius 1 is 1.18 bits per heavy atom. The van der Waals surface area contributed by atoms with E-state index in [9.17, 15) is 32.7 Å². The van der Waals surface area contributed by atoms with Crippen LogP contribution in [0.25, 0.3) is 0 Å². The minimum atomic E-state index is -4.78. The summed E-state index contributed by atoms with van der Waals surface area (Å²) in [5, 5.41) is 9.94. The van der Waals surface area contributed by atoms with Gasteiger partial charge in [0.05, 0.1) is 17.8 Å². The van der Waals surface area contributed by atoms with Gasteiger partial charge in [0.2, 0.25) is 11.8 Å². The molecule has 1 amide bonds. The fraction of sp³-hybridized carbons (Fsp3) is 0.500. The second kappa shape index (κ2) is 11.7. The molecule has 1 aromatic heterocycles. The topological polar surface area (TPSA) is 100 Å². The zero-order valence-corrected chi connectivity index (χ0v) is 22.0. The average Bonchev–Trinajstić information content (AvgIpc) is 3.29. The molecule has 1 saturated carbocycles. The van der Waals surface area contributed by atoms with Crippen molar-refractivity contribution in [2.24, 2.45) is 5.92 Å². The second-order valence-corrected chi connectivity index (χ2v) is 10.4. The number of hydrogen-bond acceptors (Lipinski definition) is 6. The van der Waals surface area contributed by atoms with Crippen LogP contribution in [0.1, 0.15) is 73.9 Å². The zero-order valence-electron chi connectivity index (χ0n) is 22.0. The Morgan fingerprint density at radius 3 is 2.49 bits per heavy atom. The van der Waals surface area contributed by atoms with Crippen molar-refractivity contribution < 1.29 is 37.4 Å². The molecule has 1 N–H and O–H groups in total. The van der Waals surface area contributed by atoms with Crippen LogP contribution < -0.4 is 9.64 Å². The van der Waals surface area contributed by atoms with Crippen molar-refractivity contribution in [3.63, 3.8) is 0 Å². The third-order valence-corrected chi connectivity index (χ3v) is 7.11.